The zero-order valence-corrected chi connectivity index (χ0v) is 16.2. The minimum Gasteiger partial charge on any atom is -0.495 e. The van der Waals surface area contributed by atoms with Crippen LogP contribution in [0.1, 0.15) is 12.0 Å². The Morgan fingerprint density at radius 1 is 1.19 bits per heavy atom. The lowest BCUT2D eigenvalue weighted by Gasteiger charge is -2.18. The van der Waals surface area contributed by atoms with Gasteiger partial charge in [-0.15, -0.1) is 0 Å². The molecule has 1 unspecified atom stereocenters. The van der Waals surface area contributed by atoms with E-state index in [0.717, 1.165) is 11.3 Å². The molecular weight excluding hydrogens is 368 g/mol. The van der Waals surface area contributed by atoms with Gasteiger partial charge in [-0.2, -0.15) is 0 Å². The van der Waals surface area contributed by atoms with Gasteiger partial charge < -0.3 is 19.7 Å². The number of nitrogens with zero attached hydrogens (tertiary/aromatic N) is 1. The SMILES string of the molecule is COc1cc(NC(=O)C2CC(=O)N(c3cccc(C)c3)C2)c(OC)cc1Cl. The number of benzene rings is 2. The molecule has 2 amide bonds. The van der Waals surface area contributed by atoms with Crippen LogP contribution >= 0.6 is 11.6 Å². The van der Waals surface area contributed by atoms with E-state index in [1.54, 1.807) is 17.0 Å². The van der Waals surface area contributed by atoms with E-state index < -0.39 is 5.92 Å². The van der Waals surface area contributed by atoms with Crippen molar-refractivity contribution in [1.82, 2.24) is 0 Å². The molecule has 0 saturated carbocycles. The number of ether oxygens (including phenoxy) is 2. The molecule has 142 valence electrons. The fourth-order valence-corrected chi connectivity index (χ4v) is 3.35. The summed E-state index contributed by atoms with van der Waals surface area (Å²) in [6.45, 7) is 2.30. The van der Waals surface area contributed by atoms with Crippen LogP contribution in [0.3, 0.4) is 0 Å². The van der Waals surface area contributed by atoms with Crippen LogP contribution in [0.5, 0.6) is 11.5 Å². The molecule has 1 saturated heterocycles. The first kappa shape index (κ1) is 19.0. The Labute approximate surface area is 163 Å². The number of aryl methyl sites for hydroxylation is 1. The largest absolute Gasteiger partial charge is 0.495 e. The average molecular weight is 389 g/mol. The van der Waals surface area contributed by atoms with Gasteiger partial charge in [0.25, 0.3) is 0 Å². The molecule has 3 rings (SSSR count). The Balaban J connectivity index is 1.77. The maximum absolute atomic E-state index is 12.7. The van der Waals surface area contributed by atoms with Gasteiger partial charge in [-0.25, -0.2) is 0 Å². The van der Waals surface area contributed by atoms with Crippen LogP contribution in [0.15, 0.2) is 36.4 Å². The van der Waals surface area contributed by atoms with E-state index in [-0.39, 0.29) is 18.2 Å². The molecule has 1 fully saturated rings. The Kier molecular flexibility index (Phi) is 5.56. The molecule has 1 aliphatic heterocycles. The first-order valence-electron chi connectivity index (χ1n) is 8.52. The number of carbonyl (C=O) groups excluding carboxylic acids is 2. The van der Waals surface area contributed by atoms with E-state index >= 15 is 0 Å². The van der Waals surface area contributed by atoms with Crippen LogP contribution in [-0.2, 0) is 9.59 Å². The van der Waals surface area contributed by atoms with Gasteiger partial charge in [-0.3, -0.25) is 9.59 Å². The molecule has 0 bridgehead atoms. The zero-order valence-electron chi connectivity index (χ0n) is 15.4. The number of methoxy groups -OCH3 is 2. The van der Waals surface area contributed by atoms with Crippen molar-refractivity contribution in [2.24, 2.45) is 5.92 Å². The molecule has 1 aliphatic rings. The molecule has 27 heavy (non-hydrogen) atoms. The third-order valence-electron chi connectivity index (χ3n) is 4.54. The van der Waals surface area contributed by atoms with Gasteiger partial charge in [-0.1, -0.05) is 23.7 Å². The molecule has 1 heterocycles. The highest BCUT2D eigenvalue weighted by molar-refractivity contribution is 6.32. The van der Waals surface area contributed by atoms with Crippen LogP contribution in [0.25, 0.3) is 0 Å². The van der Waals surface area contributed by atoms with Gasteiger partial charge >= 0.3 is 0 Å². The second-order valence-electron chi connectivity index (χ2n) is 6.42. The molecular formula is C20H21ClN2O4. The third-order valence-corrected chi connectivity index (χ3v) is 4.84. The smallest absolute Gasteiger partial charge is 0.229 e. The van der Waals surface area contributed by atoms with Crippen LogP contribution in [0.4, 0.5) is 11.4 Å². The molecule has 7 heteroatoms. The van der Waals surface area contributed by atoms with E-state index in [9.17, 15) is 9.59 Å². The number of halogens is 1. The summed E-state index contributed by atoms with van der Waals surface area (Å²) in [5, 5.41) is 3.21. The molecule has 1 N–H and O–H groups in total. The van der Waals surface area contributed by atoms with Crippen molar-refractivity contribution in [3.63, 3.8) is 0 Å². The Bertz CT molecular complexity index is 884. The number of rotatable bonds is 5. The molecule has 2 aromatic rings. The minimum absolute atomic E-state index is 0.0681. The van der Waals surface area contributed by atoms with Crippen molar-refractivity contribution in [3.8, 4) is 11.5 Å². The maximum Gasteiger partial charge on any atom is 0.229 e. The molecule has 0 aliphatic carbocycles. The van der Waals surface area contributed by atoms with E-state index in [0.29, 0.717) is 28.8 Å². The van der Waals surface area contributed by atoms with Crippen LogP contribution in [0.2, 0.25) is 5.02 Å². The summed E-state index contributed by atoms with van der Waals surface area (Å²) in [5.41, 5.74) is 2.32. The molecule has 2 aromatic carbocycles. The fraction of sp³-hybridized carbons (Fsp3) is 0.300. The lowest BCUT2D eigenvalue weighted by atomic mass is 10.1. The van der Waals surface area contributed by atoms with Gasteiger partial charge in [-0.05, 0) is 24.6 Å². The van der Waals surface area contributed by atoms with E-state index in [4.69, 9.17) is 21.1 Å². The van der Waals surface area contributed by atoms with Gasteiger partial charge in [0.1, 0.15) is 11.5 Å². The van der Waals surface area contributed by atoms with Crippen LogP contribution in [0, 0.1) is 12.8 Å². The van der Waals surface area contributed by atoms with Gasteiger partial charge in [0.2, 0.25) is 11.8 Å². The fourth-order valence-electron chi connectivity index (χ4n) is 3.12. The van der Waals surface area contributed by atoms with Crippen molar-refractivity contribution in [2.75, 3.05) is 31.0 Å². The third kappa shape index (κ3) is 4.01. The number of nitrogens with one attached hydrogen (secondary N) is 1. The first-order chi connectivity index (χ1) is 12.9. The predicted molar refractivity (Wildman–Crippen MR) is 105 cm³/mol. The summed E-state index contributed by atoms with van der Waals surface area (Å²) < 4.78 is 10.5. The summed E-state index contributed by atoms with van der Waals surface area (Å²) >= 11 is 6.09. The summed E-state index contributed by atoms with van der Waals surface area (Å²) in [4.78, 5) is 26.8. The highest BCUT2D eigenvalue weighted by Gasteiger charge is 2.35. The Hall–Kier alpha value is -2.73. The standard InChI is InChI=1S/C20H21ClN2O4/c1-12-5-4-6-14(7-12)23-11-13(8-19(23)24)20(25)22-16-10-17(26-2)15(21)9-18(16)27-3/h4-7,9-10,13H,8,11H2,1-3H3,(H,22,25). The van der Waals surface area contributed by atoms with Gasteiger partial charge in [0, 0.05) is 30.8 Å². The lowest BCUT2D eigenvalue weighted by Crippen LogP contribution is -2.28. The molecule has 0 aromatic heterocycles. The topological polar surface area (TPSA) is 67.9 Å². The Morgan fingerprint density at radius 3 is 2.59 bits per heavy atom. The molecule has 0 spiro atoms. The average Bonchev–Trinajstić information content (AvgIpc) is 3.04. The monoisotopic (exact) mass is 388 g/mol. The van der Waals surface area contributed by atoms with Crippen molar-refractivity contribution in [2.45, 2.75) is 13.3 Å². The van der Waals surface area contributed by atoms with Gasteiger partial charge in [0.15, 0.2) is 0 Å². The van der Waals surface area contributed by atoms with Gasteiger partial charge in [0.05, 0.1) is 30.8 Å². The van der Waals surface area contributed by atoms with Crippen molar-refractivity contribution >= 4 is 34.8 Å². The number of hydrogen-bond donors (Lipinski definition) is 1. The summed E-state index contributed by atoms with van der Waals surface area (Å²) in [6.07, 6.45) is 0.160. The number of anilines is 2. The summed E-state index contributed by atoms with van der Waals surface area (Å²) in [5.74, 6) is 0.0811. The van der Waals surface area contributed by atoms with E-state index in [1.165, 1.54) is 14.2 Å². The Morgan fingerprint density at radius 2 is 1.93 bits per heavy atom. The normalized spacial score (nSPS) is 16.4. The summed E-state index contributed by atoms with van der Waals surface area (Å²) in [6, 6.07) is 10.9. The quantitative estimate of drug-likeness (QED) is 0.848. The first-order valence-corrected chi connectivity index (χ1v) is 8.90. The lowest BCUT2D eigenvalue weighted by molar-refractivity contribution is -0.122. The second kappa shape index (κ2) is 7.88. The number of hydrogen-bond acceptors (Lipinski definition) is 4. The maximum atomic E-state index is 12.7. The second-order valence-corrected chi connectivity index (χ2v) is 6.83. The number of amides is 2. The van der Waals surface area contributed by atoms with Crippen molar-refractivity contribution < 1.29 is 19.1 Å². The molecule has 1 atom stereocenters. The predicted octanol–water partition coefficient (Wildman–Crippen LogP) is 3.66. The molecule has 6 nitrogen and oxygen atoms in total. The van der Waals surface area contributed by atoms with Crippen LogP contribution in [-0.4, -0.2) is 32.6 Å². The van der Waals surface area contributed by atoms with Crippen LogP contribution < -0.4 is 19.7 Å². The van der Waals surface area contributed by atoms with Crippen molar-refractivity contribution in [1.29, 1.82) is 0 Å². The highest BCUT2D eigenvalue weighted by Crippen LogP contribution is 2.36. The van der Waals surface area contributed by atoms with E-state index in [1.807, 2.05) is 31.2 Å². The van der Waals surface area contributed by atoms with E-state index in [2.05, 4.69) is 5.32 Å². The molecule has 0 radical (unpaired) electrons. The minimum atomic E-state index is -0.454. The highest BCUT2D eigenvalue weighted by atomic mass is 35.5. The van der Waals surface area contributed by atoms with Crippen molar-refractivity contribution in [3.05, 3.63) is 47.0 Å². The number of carbonyl (C=O) groups is 2. The zero-order chi connectivity index (χ0) is 19.6. The summed E-state index contributed by atoms with van der Waals surface area (Å²) in [7, 11) is 2.99.